The Balaban J connectivity index is 1.75. The van der Waals surface area contributed by atoms with Crippen molar-refractivity contribution in [3.63, 3.8) is 0 Å². The van der Waals surface area contributed by atoms with Crippen LogP contribution >= 0.6 is 24.0 Å². The maximum absolute atomic E-state index is 12.9. The van der Waals surface area contributed by atoms with Gasteiger partial charge in [0.1, 0.15) is 15.8 Å². The number of hydrogen-bond donors (Lipinski definition) is 0. The predicted molar refractivity (Wildman–Crippen MR) is 124 cm³/mol. The second kappa shape index (κ2) is 10.0. The fraction of sp³-hybridized carbons (Fsp3) is 0.364. The van der Waals surface area contributed by atoms with E-state index in [0.717, 1.165) is 25.7 Å². The number of carbonyl (C=O) groups is 1. The Kier molecular flexibility index (Phi) is 7.44. The molecule has 158 valence electrons. The van der Waals surface area contributed by atoms with Crippen LogP contribution < -0.4 is 0 Å². The second-order valence-electron chi connectivity index (χ2n) is 7.22. The Morgan fingerprint density at radius 3 is 2.80 bits per heavy atom. The van der Waals surface area contributed by atoms with Crippen LogP contribution in [0.15, 0.2) is 45.7 Å². The van der Waals surface area contributed by atoms with E-state index in [1.165, 1.54) is 23.9 Å². The van der Waals surface area contributed by atoms with Gasteiger partial charge in [-0.15, -0.1) is 0 Å². The molecule has 1 atom stereocenters. The first-order valence-electron chi connectivity index (χ1n) is 10.0. The van der Waals surface area contributed by atoms with E-state index in [-0.39, 0.29) is 11.6 Å². The van der Waals surface area contributed by atoms with Crippen molar-refractivity contribution in [3.8, 4) is 11.3 Å². The molecule has 6 nitrogen and oxygen atoms in total. The topological polar surface area (TPSA) is 76.6 Å². The number of nitro groups is 1. The number of benzene rings is 1. The van der Waals surface area contributed by atoms with Crippen molar-refractivity contribution < 1.29 is 14.1 Å². The molecule has 8 heteroatoms. The molecule has 2 aromatic rings. The minimum Gasteiger partial charge on any atom is -0.457 e. The lowest BCUT2D eigenvalue weighted by Gasteiger charge is -2.21. The van der Waals surface area contributed by atoms with E-state index < -0.39 is 4.92 Å². The van der Waals surface area contributed by atoms with E-state index in [4.69, 9.17) is 16.6 Å². The fourth-order valence-corrected chi connectivity index (χ4v) is 4.58. The molecule has 1 aromatic carbocycles. The van der Waals surface area contributed by atoms with Crippen LogP contribution in [-0.4, -0.2) is 26.6 Å². The lowest BCUT2D eigenvalue weighted by atomic mass is 9.99. The Morgan fingerprint density at radius 2 is 2.10 bits per heavy atom. The van der Waals surface area contributed by atoms with Gasteiger partial charge in [0.15, 0.2) is 0 Å². The van der Waals surface area contributed by atoms with E-state index in [1.54, 1.807) is 35.2 Å². The second-order valence-corrected chi connectivity index (χ2v) is 8.89. The number of non-ortho nitro benzene ring substituents is 1. The molecule has 0 radical (unpaired) electrons. The number of hydrogen-bond acceptors (Lipinski definition) is 6. The number of nitro benzene ring substituents is 1. The summed E-state index contributed by atoms with van der Waals surface area (Å²) in [4.78, 5) is 25.6. The molecule has 0 aliphatic carbocycles. The van der Waals surface area contributed by atoms with Crippen LogP contribution in [0.3, 0.4) is 0 Å². The number of amides is 1. The van der Waals surface area contributed by atoms with E-state index in [9.17, 15) is 14.9 Å². The Morgan fingerprint density at radius 1 is 1.30 bits per heavy atom. The van der Waals surface area contributed by atoms with Gasteiger partial charge in [-0.25, -0.2) is 0 Å². The van der Waals surface area contributed by atoms with Crippen LogP contribution in [0, 0.1) is 16.0 Å². The molecular weight excluding hydrogens is 420 g/mol. The summed E-state index contributed by atoms with van der Waals surface area (Å²) in [6.07, 6.45) is 6.08. The Hall–Kier alpha value is -2.45. The monoisotopic (exact) mass is 444 g/mol. The molecule has 0 spiro atoms. The van der Waals surface area contributed by atoms with Crippen molar-refractivity contribution in [2.24, 2.45) is 5.92 Å². The summed E-state index contributed by atoms with van der Waals surface area (Å²) >= 11 is 6.73. The van der Waals surface area contributed by atoms with Gasteiger partial charge >= 0.3 is 0 Å². The van der Waals surface area contributed by atoms with Crippen molar-refractivity contribution in [2.45, 2.75) is 39.5 Å². The molecule has 0 bridgehead atoms. The lowest BCUT2D eigenvalue weighted by Crippen LogP contribution is -2.33. The van der Waals surface area contributed by atoms with Crippen molar-refractivity contribution in [3.05, 3.63) is 57.2 Å². The number of unbranched alkanes of at least 4 members (excludes halogenated alkanes) is 1. The van der Waals surface area contributed by atoms with Crippen molar-refractivity contribution in [2.75, 3.05) is 6.54 Å². The molecule has 0 saturated carbocycles. The fourth-order valence-electron chi connectivity index (χ4n) is 3.32. The minimum absolute atomic E-state index is 0.000118. The first-order chi connectivity index (χ1) is 14.4. The van der Waals surface area contributed by atoms with Crippen LogP contribution in [0.4, 0.5) is 5.69 Å². The molecule has 30 heavy (non-hydrogen) atoms. The van der Waals surface area contributed by atoms with Crippen molar-refractivity contribution in [1.29, 1.82) is 0 Å². The van der Waals surface area contributed by atoms with Crippen molar-refractivity contribution in [1.82, 2.24) is 4.90 Å². The van der Waals surface area contributed by atoms with Gasteiger partial charge in [-0.2, -0.15) is 0 Å². The van der Waals surface area contributed by atoms with Gasteiger partial charge in [0.25, 0.3) is 11.6 Å². The quantitative estimate of drug-likeness (QED) is 0.196. The lowest BCUT2D eigenvalue weighted by molar-refractivity contribution is -0.384. The number of nitrogens with zero attached hydrogens (tertiary/aromatic N) is 2. The highest BCUT2D eigenvalue weighted by Gasteiger charge is 2.33. The minimum atomic E-state index is -0.442. The van der Waals surface area contributed by atoms with E-state index in [0.29, 0.717) is 38.8 Å². The van der Waals surface area contributed by atoms with Gasteiger partial charge < -0.3 is 4.42 Å². The molecule has 2 heterocycles. The maximum Gasteiger partial charge on any atom is 0.270 e. The summed E-state index contributed by atoms with van der Waals surface area (Å²) in [5.41, 5.74) is 0.609. The highest BCUT2D eigenvalue weighted by molar-refractivity contribution is 8.26. The predicted octanol–water partition coefficient (Wildman–Crippen LogP) is 6.27. The number of thiocarbonyl (C=S) groups is 1. The van der Waals surface area contributed by atoms with Crippen LogP contribution in [0.2, 0.25) is 0 Å². The third-order valence-electron chi connectivity index (χ3n) is 5.10. The van der Waals surface area contributed by atoms with Crippen LogP contribution in [0.1, 0.15) is 45.3 Å². The number of carbonyl (C=O) groups excluding carboxylic acids is 1. The Labute approximate surface area is 185 Å². The van der Waals surface area contributed by atoms with Crippen molar-refractivity contribution >= 4 is 46.0 Å². The van der Waals surface area contributed by atoms with Crippen LogP contribution in [0.5, 0.6) is 0 Å². The van der Waals surface area contributed by atoms with Gasteiger partial charge in [0.05, 0.1) is 9.83 Å². The van der Waals surface area contributed by atoms with Gasteiger partial charge in [0, 0.05) is 30.3 Å². The zero-order chi connectivity index (χ0) is 21.7. The standard InChI is InChI=1S/C22H24N2O4S2/c1-3-5-7-15(4-2)14-23-21(25)20(30-22(23)29)13-18-10-11-19(28-18)16-8-6-9-17(12-16)24(26)27/h6,8-13,15H,3-5,7,14H2,1-2H3/b20-13+/t15-/m0/s1. The molecule has 1 amide bonds. The molecule has 1 saturated heterocycles. The molecule has 1 aliphatic rings. The van der Waals surface area contributed by atoms with Crippen LogP contribution in [-0.2, 0) is 4.79 Å². The molecule has 0 unspecified atom stereocenters. The zero-order valence-electron chi connectivity index (χ0n) is 17.0. The summed E-state index contributed by atoms with van der Waals surface area (Å²) in [7, 11) is 0. The summed E-state index contributed by atoms with van der Waals surface area (Å²) < 4.78 is 6.39. The largest absolute Gasteiger partial charge is 0.457 e. The molecule has 1 fully saturated rings. The molecular formula is C22H24N2O4S2. The molecule has 0 N–H and O–H groups in total. The summed E-state index contributed by atoms with van der Waals surface area (Å²) in [6, 6.07) is 9.74. The Bertz CT molecular complexity index is 983. The molecule has 1 aromatic heterocycles. The molecule has 1 aliphatic heterocycles. The zero-order valence-corrected chi connectivity index (χ0v) is 18.6. The van der Waals surface area contributed by atoms with Gasteiger partial charge in [0.2, 0.25) is 0 Å². The third kappa shape index (κ3) is 5.17. The van der Waals surface area contributed by atoms with E-state index in [2.05, 4.69) is 13.8 Å². The van der Waals surface area contributed by atoms with Gasteiger partial charge in [-0.1, -0.05) is 69.2 Å². The third-order valence-corrected chi connectivity index (χ3v) is 6.48. The van der Waals surface area contributed by atoms with Gasteiger partial charge in [-0.05, 0) is 24.5 Å². The normalized spacial score (nSPS) is 16.5. The number of furan rings is 1. The van der Waals surface area contributed by atoms with Gasteiger partial charge in [-0.3, -0.25) is 19.8 Å². The smallest absolute Gasteiger partial charge is 0.270 e. The molecule has 3 rings (SSSR count). The maximum atomic E-state index is 12.9. The number of rotatable bonds is 9. The summed E-state index contributed by atoms with van der Waals surface area (Å²) in [6.45, 7) is 4.96. The number of thioether (sulfide) groups is 1. The highest BCUT2D eigenvalue weighted by Crippen LogP contribution is 2.35. The summed E-state index contributed by atoms with van der Waals surface area (Å²) in [5.74, 6) is 1.37. The van der Waals surface area contributed by atoms with Crippen LogP contribution in [0.25, 0.3) is 17.4 Å². The van der Waals surface area contributed by atoms with E-state index >= 15 is 0 Å². The SMILES string of the molecule is CCCC[C@H](CC)CN1C(=O)/C(=C\c2ccc(-c3cccc([N+](=O)[O-])c3)o2)SC1=S. The highest BCUT2D eigenvalue weighted by atomic mass is 32.2. The average molecular weight is 445 g/mol. The van der Waals surface area contributed by atoms with E-state index in [1.807, 2.05) is 0 Å². The first-order valence-corrected chi connectivity index (χ1v) is 11.3. The summed E-state index contributed by atoms with van der Waals surface area (Å²) in [5, 5.41) is 11.0. The average Bonchev–Trinajstić information content (AvgIpc) is 3.31. The first kappa shape index (κ1) is 22.2.